The van der Waals surface area contributed by atoms with E-state index in [0.717, 1.165) is 16.9 Å². The lowest BCUT2D eigenvalue weighted by atomic mass is 9.95. The van der Waals surface area contributed by atoms with Gasteiger partial charge in [0.1, 0.15) is 12.0 Å². The van der Waals surface area contributed by atoms with Crippen LogP contribution >= 0.6 is 0 Å². The third kappa shape index (κ3) is 3.28. The fraction of sp³-hybridized carbons (Fsp3) is 0.500. The standard InChI is InChI=1S/C18H24N2O3/c1-5-12(2)15-18(23)20(4)17(22)14(16(21)19(15)3)11-13-9-7-6-8-10-13/h6-10,12,14-15H,5,11H2,1-4H3. The van der Waals surface area contributed by atoms with E-state index in [2.05, 4.69) is 0 Å². The fourth-order valence-electron chi connectivity index (χ4n) is 3.07. The van der Waals surface area contributed by atoms with Crippen molar-refractivity contribution < 1.29 is 14.4 Å². The Morgan fingerprint density at radius 2 is 1.61 bits per heavy atom. The van der Waals surface area contributed by atoms with E-state index in [4.69, 9.17) is 0 Å². The van der Waals surface area contributed by atoms with E-state index in [1.165, 1.54) is 11.9 Å². The minimum Gasteiger partial charge on any atom is -0.333 e. The summed E-state index contributed by atoms with van der Waals surface area (Å²) in [6, 6.07) is 8.84. The summed E-state index contributed by atoms with van der Waals surface area (Å²) >= 11 is 0. The number of carbonyl (C=O) groups is 3. The topological polar surface area (TPSA) is 57.7 Å². The van der Waals surface area contributed by atoms with Gasteiger partial charge < -0.3 is 4.90 Å². The van der Waals surface area contributed by atoms with Crippen molar-refractivity contribution in [3.8, 4) is 0 Å². The first-order chi connectivity index (χ1) is 10.9. The summed E-state index contributed by atoms with van der Waals surface area (Å²) < 4.78 is 0. The molecule has 0 spiro atoms. The molecular formula is C18H24N2O3. The minimum atomic E-state index is -0.842. The van der Waals surface area contributed by atoms with Gasteiger partial charge in [-0.15, -0.1) is 0 Å². The molecule has 2 rings (SSSR count). The van der Waals surface area contributed by atoms with Crippen molar-refractivity contribution >= 4 is 17.7 Å². The van der Waals surface area contributed by atoms with Crippen molar-refractivity contribution in [1.29, 1.82) is 0 Å². The molecule has 3 atom stereocenters. The molecule has 0 saturated carbocycles. The number of rotatable bonds is 4. The van der Waals surface area contributed by atoms with E-state index in [0.29, 0.717) is 6.42 Å². The van der Waals surface area contributed by atoms with Crippen molar-refractivity contribution in [1.82, 2.24) is 9.80 Å². The Hall–Kier alpha value is -2.17. The van der Waals surface area contributed by atoms with Crippen LogP contribution < -0.4 is 0 Å². The maximum atomic E-state index is 12.8. The Bertz CT molecular complexity index is 600. The molecule has 1 aromatic carbocycles. The van der Waals surface area contributed by atoms with Gasteiger partial charge in [0.2, 0.25) is 11.8 Å². The Balaban J connectivity index is 2.36. The van der Waals surface area contributed by atoms with E-state index >= 15 is 0 Å². The van der Waals surface area contributed by atoms with Gasteiger partial charge in [-0.05, 0) is 17.9 Å². The molecular weight excluding hydrogens is 292 g/mol. The number of amides is 3. The van der Waals surface area contributed by atoms with Gasteiger partial charge in [-0.2, -0.15) is 0 Å². The van der Waals surface area contributed by atoms with Crippen LogP contribution in [0, 0.1) is 11.8 Å². The van der Waals surface area contributed by atoms with Gasteiger partial charge in [0.15, 0.2) is 0 Å². The molecule has 3 amide bonds. The van der Waals surface area contributed by atoms with E-state index in [-0.39, 0.29) is 17.7 Å². The summed E-state index contributed by atoms with van der Waals surface area (Å²) in [6.07, 6.45) is 1.08. The van der Waals surface area contributed by atoms with Crippen molar-refractivity contribution in [2.75, 3.05) is 14.1 Å². The van der Waals surface area contributed by atoms with Gasteiger partial charge in [0.05, 0.1) is 0 Å². The molecule has 0 aromatic heterocycles. The molecule has 23 heavy (non-hydrogen) atoms. The van der Waals surface area contributed by atoms with Crippen LogP contribution in [-0.4, -0.2) is 47.7 Å². The number of benzene rings is 1. The molecule has 0 bridgehead atoms. The Kier molecular flexibility index (Phi) is 5.19. The zero-order valence-electron chi connectivity index (χ0n) is 14.2. The summed E-state index contributed by atoms with van der Waals surface area (Å²) in [7, 11) is 3.10. The van der Waals surface area contributed by atoms with E-state index in [9.17, 15) is 14.4 Å². The van der Waals surface area contributed by atoms with Crippen LogP contribution in [-0.2, 0) is 20.8 Å². The summed E-state index contributed by atoms with van der Waals surface area (Å²) in [5.41, 5.74) is 0.912. The maximum absolute atomic E-state index is 12.8. The summed E-state index contributed by atoms with van der Waals surface area (Å²) in [5.74, 6) is -1.83. The molecule has 1 fully saturated rings. The average molecular weight is 316 g/mol. The largest absolute Gasteiger partial charge is 0.333 e. The lowest BCUT2D eigenvalue weighted by Gasteiger charge is -2.30. The van der Waals surface area contributed by atoms with Crippen LogP contribution in [0.1, 0.15) is 25.8 Å². The SMILES string of the molecule is CCC(C)C1C(=O)N(C)C(=O)C(Cc2ccccc2)C(=O)N1C. The van der Waals surface area contributed by atoms with E-state index in [1.807, 2.05) is 44.2 Å². The number of hydrogen-bond acceptors (Lipinski definition) is 3. The third-order valence-electron chi connectivity index (χ3n) is 4.74. The number of carbonyl (C=O) groups excluding carboxylic acids is 3. The second-order valence-corrected chi connectivity index (χ2v) is 6.26. The number of likely N-dealkylation sites (N-methyl/N-ethyl adjacent to an activating group) is 2. The smallest absolute Gasteiger partial charge is 0.251 e. The maximum Gasteiger partial charge on any atom is 0.251 e. The first kappa shape index (κ1) is 17.2. The lowest BCUT2D eigenvalue weighted by molar-refractivity contribution is -0.146. The monoisotopic (exact) mass is 316 g/mol. The van der Waals surface area contributed by atoms with Crippen molar-refractivity contribution in [3.63, 3.8) is 0 Å². The molecule has 0 N–H and O–H groups in total. The zero-order chi connectivity index (χ0) is 17.1. The van der Waals surface area contributed by atoms with Crippen LogP contribution in [0.4, 0.5) is 0 Å². The highest BCUT2D eigenvalue weighted by Crippen LogP contribution is 2.24. The van der Waals surface area contributed by atoms with Gasteiger partial charge in [-0.3, -0.25) is 19.3 Å². The van der Waals surface area contributed by atoms with Gasteiger partial charge in [0, 0.05) is 14.1 Å². The number of hydrogen-bond donors (Lipinski definition) is 0. The van der Waals surface area contributed by atoms with Crippen molar-refractivity contribution in [3.05, 3.63) is 35.9 Å². The Labute approximate surface area is 137 Å². The number of imide groups is 1. The first-order valence-electron chi connectivity index (χ1n) is 8.00. The van der Waals surface area contributed by atoms with Crippen LogP contribution in [0.5, 0.6) is 0 Å². The molecule has 1 aliphatic heterocycles. The summed E-state index contributed by atoms with van der Waals surface area (Å²) in [5, 5.41) is 0. The van der Waals surface area contributed by atoms with Crippen LogP contribution in [0.15, 0.2) is 30.3 Å². The number of nitrogens with zero attached hydrogens (tertiary/aromatic N) is 2. The molecule has 0 radical (unpaired) electrons. The second kappa shape index (κ2) is 6.94. The van der Waals surface area contributed by atoms with Gasteiger partial charge in [0.25, 0.3) is 5.91 Å². The molecule has 5 heteroatoms. The molecule has 3 unspecified atom stereocenters. The predicted molar refractivity (Wildman–Crippen MR) is 87.4 cm³/mol. The van der Waals surface area contributed by atoms with Crippen LogP contribution in [0.25, 0.3) is 0 Å². The van der Waals surface area contributed by atoms with E-state index in [1.54, 1.807) is 7.05 Å². The highest BCUT2D eigenvalue weighted by molar-refractivity contribution is 6.11. The van der Waals surface area contributed by atoms with Gasteiger partial charge in [-0.25, -0.2) is 0 Å². The van der Waals surface area contributed by atoms with Gasteiger partial charge in [-0.1, -0.05) is 50.6 Å². The normalized spacial score (nSPS) is 23.9. The van der Waals surface area contributed by atoms with Crippen molar-refractivity contribution in [2.45, 2.75) is 32.7 Å². The van der Waals surface area contributed by atoms with Crippen LogP contribution in [0.2, 0.25) is 0 Å². The predicted octanol–water partition coefficient (Wildman–Crippen LogP) is 1.72. The second-order valence-electron chi connectivity index (χ2n) is 6.26. The summed E-state index contributed by atoms with van der Waals surface area (Å²) in [6.45, 7) is 3.91. The molecule has 1 aromatic rings. The highest BCUT2D eigenvalue weighted by atomic mass is 16.2. The quantitative estimate of drug-likeness (QED) is 0.628. The molecule has 1 aliphatic rings. The minimum absolute atomic E-state index is 0.00201. The fourth-order valence-corrected chi connectivity index (χ4v) is 3.07. The van der Waals surface area contributed by atoms with Crippen LogP contribution in [0.3, 0.4) is 0 Å². The molecule has 124 valence electrons. The van der Waals surface area contributed by atoms with Gasteiger partial charge >= 0.3 is 0 Å². The first-order valence-corrected chi connectivity index (χ1v) is 8.00. The molecule has 1 heterocycles. The van der Waals surface area contributed by atoms with Crippen molar-refractivity contribution in [2.24, 2.45) is 11.8 Å². The average Bonchev–Trinajstić information content (AvgIpc) is 2.62. The Morgan fingerprint density at radius 1 is 1.00 bits per heavy atom. The summed E-state index contributed by atoms with van der Waals surface area (Å²) in [4.78, 5) is 40.7. The molecule has 0 aliphatic carbocycles. The lowest BCUT2D eigenvalue weighted by Crippen LogP contribution is -2.48. The van der Waals surface area contributed by atoms with E-state index < -0.39 is 17.9 Å². The molecule has 5 nitrogen and oxygen atoms in total. The zero-order valence-corrected chi connectivity index (χ0v) is 14.2. The third-order valence-corrected chi connectivity index (χ3v) is 4.74. The molecule has 1 saturated heterocycles. The highest BCUT2D eigenvalue weighted by Gasteiger charge is 2.44. The Morgan fingerprint density at radius 3 is 2.17 bits per heavy atom.